The summed E-state index contributed by atoms with van der Waals surface area (Å²) in [5, 5.41) is 1.93. The maximum atomic E-state index is 11.9. The van der Waals surface area contributed by atoms with Crippen LogP contribution in [0.2, 0.25) is 0 Å². The van der Waals surface area contributed by atoms with Gasteiger partial charge in [-0.3, -0.25) is 9.59 Å². The first-order valence-electron chi connectivity index (χ1n) is 4.67. The normalized spacial score (nSPS) is 25.1. The number of rotatable bonds is 0. The summed E-state index contributed by atoms with van der Waals surface area (Å²) in [5.41, 5.74) is 1.02. The Hall–Kier alpha value is -1.16. The van der Waals surface area contributed by atoms with Crippen LogP contribution < -0.4 is 0 Å². The highest BCUT2D eigenvalue weighted by atomic mass is 32.1. The largest absolute Gasteiger partial charge is 0.328 e. The van der Waals surface area contributed by atoms with E-state index in [1.807, 2.05) is 11.4 Å². The smallest absolute Gasteiger partial charge is 0.223 e. The van der Waals surface area contributed by atoms with Crippen LogP contribution in [0.5, 0.6) is 0 Å². The molecule has 3 nitrogen and oxygen atoms in total. The van der Waals surface area contributed by atoms with Crippen molar-refractivity contribution in [2.75, 3.05) is 0 Å². The molecule has 2 aliphatic rings. The van der Waals surface area contributed by atoms with Crippen molar-refractivity contribution in [1.82, 2.24) is 4.90 Å². The molecule has 4 heteroatoms. The molecule has 0 spiro atoms. The summed E-state index contributed by atoms with van der Waals surface area (Å²) in [6.45, 7) is 0.633. The molecule has 3 heterocycles. The predicted octanol–water partition coefficient (Wildman–Crippen LogP) is 1.44. The zero-order valence-corrected chi connectivity index (χ0v) is 8.34. The van der Waals surface area contributed by atoms with E-state index in [1.165, 1.54) is 11.3 Å². The minimum absolute atomic E-state index is 0.125. The van der Waals surface area contributed by atoms with Crippen LogP contribution in [0.4, 0.5) is 0 Å². The molecule has 0 radical (unpaired) electrons. The Morgan fingerprint density at radius 1 is 1.43 bits per heavy atom. The van der Waals surface area contributed by atoms with E-state index in [1.54, 1.807) is 4.90 Å². The zero-order chi connectivity index (χ0) is 9.71. The monoisotopic (exact) mass is 207 g/mol. The van der Waals surface area contributed by atoms with Crippen LogP contribution in [-0.4, -0.2) is 22.6 Å². The SMILES string of the molecule is O=C1c2sccc2CN2C(=O)CCC12. The quantitative estimate of drug-likeness (QED) is 0.645. The van der Waals surface area contributed by atoms with Gasteiger partial charge in [0.2, 0.25) is 5.91 Å². The van der Waals surface area contributed by atoms with Gasteiger partial charge in [-0.1, -0.05) is 0 Å². The van der Waals surface area contributed by atoms with E-state index in [4.69, 9.17) is 0 Å². The fourth-order valence-corrected chi connectivity index (χ4v) is 3.12. The standard InChI is InChI=1S/C10H9NO2S/c12-8-2-1-7-9(13)10-6(3-4-14-10)5-11(7)8/h3-4,7H,1-2,5H2. The molecule has 0 N–H and O–H groups in total. The molecule has 1 aromatic heterocycles. The number of fused-ring (bicyclic) bond motifs is 2. The van der Waals surface area contributed by atoms with Gasteiger partial charge in [0.1, 0.15) is 0 Å². The van der Waals surface area contributed by atoms with Gasteiger partial charge in [-0.2, -0.15) is 0 Å². The van der Waals surface area contributed by atoms with E-state index >= 15 is 0 Å². The summed E-state index contributed by atoms with van der Waals surface area (Å²) in [6.07, 6.45) is 1.24. The zero-order valence-electron chi connectivity index (χ0n) is 7.53. The summed E-state index contributed by atoms with van der Waals surface area (Å²) in [5.74, 6) is 0.271. The molecule has 0 aromatic carbocycles. The Labute approximate surface area is 85.3 Å². The molecule has 1 atom stereocenters. The molecular weight excluding hydrogens is 198 g/mol. The number of hydrogen-bond donors (Lipinski definition) is 0. The molecule has 3 rings (SSSR count). The second-order valence-corrected chi connectivity index (χ2v) is 4.63. The topological polar surface area (TPSA) is 37.4 Å². The van der Waals surface area contributed by atoms with Crippen molar-refractivity contribution in [1.29, 1.82) is 0 Å². The fourth-order valence-electron chi connectivity index (χ4n) is 2.22. The lowest BCUT2D eigenvalue weighted by Crippen LogP contribution is -2.41. The number of nitrogens with zero attached hydrogens (tertiary/aromatic N) is 1. The minimum Gasteiger partial charge on any atom is -0.328 e. The maximum Gasteiger partial charge on any atom is 0.223 e. The van der Waals surface area contributed by atoms with E-state index in [2.05, 4.69) is 0 Å². The Morgan fingerprint density at radius 3 is 3.14 bits per heavy atom. The first-order valence-corrected chi connectivity index (χ1v) is 5.55. The van der Waals surface area contributed by atoms with Gasteiger partial charge in [-0.15, -0.1) is 11.3 Å². The van der Waals surface area contributed by atoms with E-state index in [0.717, 1.165) is 10.4 Å². The molecule has 0 aliphatic carbocycles. The number of thiophene rings is 1. The molecule has 0 bridgehead atoms. The second-order valence-electron chi connectivity index (χ2n) is 3.72. The lowest BCUT2D eigenvalue weighted by Gasteiger charge is -2.28. The van der Waals surface area contributed by atoms with Gasteiger partial charge in [0, 0.05) is 13.0 Å². The Morgan fingerprint density at radius 2 is 2.29 bits per heavy atom. The summed E-state index contributed by atoms with van der Waals surface area (Å²) >= 11 is 1.50. The van der Waals surface area contributed by atoms with Crippen LogP contribution in [0, 0.1) is 0 Å². The van der Waals surface area contributed by atoms with Gasteiger partial charge in [0.25, 0.3) is 0 Å². The summed E-state index contributed by atoms with van der Waals surface area (Å²) in [6, 6.07) is 1.79. The first kappa shape index (κ1) is 8.17. The van der Waals surface area contributed by atoms with Crippen LogP contribution >= 0.6 is 11.3 Å². The van der Waals surface area contributed by atoms with Crippen LogP contribution in [0.15, 0.2) is 11.4 Å². The van der Waals surface area contributed by atoms with Crippen molar-refractivity contribution in [3.05, 3.63) is 21.9 Å². The van der Waals surface area contributed by atoms with Crippen molar-refractivity contribution in [3.63, 3.8) is 0 Å². The van der Waals surface area contributed by atoms with Crippen molar-refractivity contribution < 1.29 is 9.59 Å². The van der Waals surface area contributed by atoms with Crippen LogP contribution in [0.25, 0.3) is 0 Å². The van der Waals surface area contributed by atoms with Crippen molar-refractivity contribution >= 4 is 23.0 Å². The number of hydrogen-bond acceptors (Lipinski definition) is 3. The van der Waals surface area contributed by atoms with Crippen molar-refractivity contribution in [2.24, 2.45) is 0 Å². The van der Waals surface area contributed by atoms with Gasteiger partial charge in [-0.05, 0) is 23.4 Å². The van der Waals surface area contributed by atoms with Crippen LogP contribution in [0.3, 0.4) is 0 Å². The summed E-state index contributed by atoms with van der Waals surface area (Å²) in [7, 11) is 0. The highest BCUT2D eigenvalue weighted by Crippen LogP contribution is 2.33. The van der Waals surface area contributed by atoms with Gasteiger partial charge >= 0.3 is 0 Å². The summed E-state index contributed by atoms with van der Waals surface area (Å²) in [4.78, 5) is 26.0. The van der Waals surface area contributed by atoms with E-state index in [0.29, 0.717) is 19.4 Å². The van der Waals surface area contributed by atoms with Gasteiger partial charge in [0.15, 0.2) is 5.78 Å². The molecule has 1 amide bonds. The lowest BCUT2D eigenvalue weighted by molar-refractivity contribution is -0.129. The van der Waals surface area contributed by atoms with Gasteiger partial charge < -0.3 is 4.90 Å². The van der Waals surface area contributed by atoms with Crippen LogP contribution in [-0.2, 0) is 11.3 Å². The highest BCUT2D eigenvalue weighted by Gasteiger charge is 2.41. The van der Waals surface area contributed by atoms with E-state index in [-0.39, 0.29) is 17.7 Å². The molecule has 2 aliphatic heterocycles. The molecule has 1 unspecified atom stereocenters. The third-order valence-corrected chi connectivity index (χ3v) is 3.91. The summed E-state index contributed by atoms with van der Waals surface area (Å²) < 4.78 is 0. The number of Topliss-reactive ketones (excluding diaryl/α,β-unsaturated/α-hetero) is 1. The van der Waals surface area contributed by atoms with Crippen molar-refractivity contribution in [2.45, 2.75) is 25.4 Å². The minimum atomic E-state index is -0.159. The highest BCUT2D eigenvalue weighted by molar-refractivity contribution is 7.12. The maximum absolute atomic E-state index is 11.9. The van der Waals surface area contributed by atoms with Crippen molar-refractivity contribution in [3.8, 4) is 0 Å². The van der Waals surface area contributed by atoms with E-state index < -0.39 is 0 Å². The number of amides is 1. The average Bonchev–Trinajstić information content (AvgIpc) is 2.75. The Bertz CT molecular complexity index is 424. The predicted molar refractivity (Wildman–Crippen MR) is 52.2 cm³/mol. The Balaban J connectivity index is 2.09. The number of carbonyl (C=O) groups is 2. The molecule has 72 valence electrons. The van der Waals surface area contributed by atoms with E-state index in [9.17, 15) is 9.59 Å². The van der Waals surface area contributed by atoms with Crippen LogP contribution in [0.1, 0.15) is 28.1 Å². The second kappa shape index (κ2) is 2.67. The van der Waals surface area contributed by atoms with Gasteiger partial charge in [-0.25, -0.2) is 0 Å². The molecule has 14 heavy (non-hydrogen) atoms. The molecule has 0 saturated carbocycles. The number of ketones is 1. The van der Waals surface area contributed by atoms with Gasteiger partial charge in [0.05, 0.1) is 10.9 Å². The third-order valence-electron chi connectivity index (χ3n) is 2.94. The molecule has 1 aromatic rings. The fraction of sp³-hybridized carbons (Fsp3) is 0.400. The molecular formula is C10H9NO2S. The molecule has 1 saturated heterocycles. The molecule has 1 fully saturated rings. The third kappa shape index (κ3) is 0.917. The Kier molecular flexibility index (Phi) is 1.56. The lowest BCUT2D eigenvalue weighted by atomic mass is 10.0. The number of carbonyl (C=O) groups excluding carboxylic acids is 2. The first-order chi connectivity index (χ1) is 6.77. The average molecular weight is 207 g/mol.